The average molecular weight is 230 g/mol. The van der Waals surface area contributed by atoms with Crippen molar-refractivity contribution in [3.8, 4) is 0 Å². The third-order valence-electron chi connectivity index (χ3n) is 3.02. The number of aliphatic hydroxyl groups is 1. The van der Waals surface area contributed by atoms with Gasteiger partial charge in [0.05, 0.1) is 13.2 Å². The van der Waals surface area contributed by atoms with Gasteiger partial charge in [-0.05, 0) is 16.3 Å². The summed E-state index contributed by atoms with van der Waals surface area (Å²) in [5.41, 5.74) is 1.07. The lowest BCUT2D eigenvalue weighted by Crippen LogP contribution is -2.30. The molecule has 0 aromatic heterocycles. The van der Waals surface area contributed by atoms with Crippen LogP contribution in [0.15, 0.2) is 42.5 Å². The van der Waals surface area contributed by atoms with E-state index >= 15 is 0 Å². The van der Waals surface area contributed by atoms with Crippen LogP contribution in [0.4, 0.5) is 0 Å². The molecule has 3 rings (SSSR count). The highest BCUT2D eigenvalue weighted by Gasteiger charge is 2.23. The Morgan fingerprint density at radius 3 is 2.71 bits per heavy atom. The molecule has 1 N–H and O–H groups in total. The molecule has 3 nitrogen and oxygen atoms in total. The van der Waals surface area contributed by atoms with E-state index in [1.165, 1.54) is 5.39 Å². The first-order valence-electron chi connectivity index (χ1n) is 5.73. The van der Waals surface area contributed by atoms with E-state index in [1.807, 2.05) is 24.3 Å². The van der Waals surface area contributed by atoms with Crippen molar-refractivity contribution in [2.45, 2.75) is 12.4 Å². The molecule has 1 aliphatic rings. The number of benzene rings is 2. The van der Waals surface area contributed by atoms with Gasteiger partial charge in [-0.25, -0.2) is 0 Å². The first-order valence-corrected chi connectivity index (χ1v) is 5.73. The standard InChI is InChI=1S/C14H14O3/c15-14-9-16-8-13(17-14)12-7-3-5-10-4-1-2-6-11(10)12/h1-7,13-15H,8-9H2. The predicted molar refractivity (Wildman–Crippen MR) is 64.6 cm³/mol. The van der Waals surface area contributed by atoms with Crippen molar-refractivity contribution < 1.29 is 14.6 Å². The van der Waals surface area contributed by atoms with Gasteiger partial charge in [0.25, 0.3) is 0 Å². The van der Waals surface area contributed by atoms with E-state index in [4.69, 9.17) is 9.47 Å². The van der Waals surface area contributed by atoms with Crippen LogP contribution in [0.3, 0.4) is 0 Å². The van der Waals surface area contributed by atoms with Crippen LogP contribution in [0.1, 0.15) is 11.7 Å². The lowest BCUT2D eigenvalue weighted by Gasteiger charge is -2.28. The monoisotopic (exact) mass is 230 g/mol. The first-order chi connectivity index (χ1) is 8.34. The van der Waals surface area contributed by atoms with Gasteiger partial charge in [0.1, 0.15) is 6.10 Å². The number of hydrogen-bond donors (Lipinski definition) is 1. The molecule has 0 saturated carbocycles. The van der Waals surface area contributed by atoms with E-state index in [-0.39, 0.29) is 12.7 Å². The maximum absolute atomic E-state index is 9.47. The minimum Gasteiger partial charge on any atom is -0.373 e. The third kappa shape index (κ3) is 2.05. The summed E-state index contributed by atoms with van der Waals surface area (Å²) in [4.78, 5) is 0. The molecular weight excluding hydrogens is 216 g/mol. The summed E-state index contributed by atoms with van der Waals surface area (Å²) in [6.45, 7) is 0.742. The second-order valence-electron chi connectivity index (χ2n) is 4.19. The zero-order chi connectivity index (χ0) is 11.7. The van der Waals surface area contributed by atoms with Gasteiger partial charge in [-0.1, -0.05) is 42.5 Å². The van der Waals surface area contributed by atoms with Crippen molar-refractivity contribution in [2.75, 3.05) is 13.2 Å². The van der Waals surface area contributed by atoms with Crippen LogP contribution in [0.25, 0.3) is 10.8 Å². The van der Waals surface area contributed by atoms with E-state index in [9.17, 15) is 5.11 Å². The highest BCUT2D eigenvalue weighted by molar-refractivity contribution is 5.86. The van der Waals surface area contributed by atoms with Gasteiger partial charge in [0.2, 0.25) is 0 Å². The van der Waals surface area contributed by atoms with Gasteiger partial charge in [0.15, 0.2) is 6.29 Å². The van der Waals surface area contributed by atoms with E-state index in [0.717, 1.165) is 10.9 Å². The van der Waals surface area contributed by atoms with Crippen molar-refractivity contribution in [1.82, 2.24) is 0 Å². The Hall–Kier alpha value is -1.42. The van der Waals surface area contributed by atoms with Crippen LogP contribution in [-0.4, -0.2) is 24.6 Å². The number of hydrogen-bond acceptors (Lipinski definition) is 3. The van der Waals surface area contributed by atoms with Crippen molar-refractivity contribution in [3.05, 3.63) is 48.0 Å². The molecule has 3 heteroatoms. The zero-order valence-corrected chi connectivity index (χ0v) is 9.37. The normalized spacial score (nSPS) is 25.0. The Bertz CT molecular complexity index is 518. The topological polar surface area (TPSA) is 38.7 Å². The second kappa shape index (κ2) is 4.45. The maximum atomic E-state index is 9.47. The quantitative estimate of drug-likeness (QED) is 0.816. The summed E-state index contributed by atoms with van der Waals surface area (Å²) in [6.07, 6.45) is -1.02. The van der Waals surface area contributed by atoms with Gasteiger partial charge >= 0.3 is 0 Å². The molecule has 0 amide bonds. The Kier molecular flexibility index (Phi) is 2.81. The molecule has 1 aliphatic heterocycles. The zero-order valence-electron chi connectivity index (χ0n) is 9.37. The van der Waals surface area contributed by atoms with Crippen LogP contribution >= 0.6 is 0 Å². The van der Waals surface area contributed by atoms with Gasteiger partial charge in [0, 0.05) is 0 Å². The summed E-state index contributed by atoms with van der Waals surface area (Å²) in [6, 6.07) is 14.2. The molecular formula is C14H14O3. The van der Waals surface area contributed by atoms with Gasteiger partial charge < -0.3 is 14.6 Å². The van der Waals surface area contributed by atoms with Crippen molar-refractivity contribution >= 4 is 10.8 Å². The summed E-state index contributed by atoms with van der Waals surface area (Å²) in [5, 5.41) is 11.8. The fourth-order valence-corrected chi connectivity index (χ4v) is 2.24. The molecule has 0 radical (unpaired) electrons. The first kappa shape index (κ1) is 10.7. The Morgan fingerprint density at radius 1 is 1.00 bits per heavy atom. The van der Waals surface area contributed by atoms with Crippen molar-refractivity contribution in [3.63, 3.8) is 0 Å². The molecule has 0 spiro atoms. The molecule has 1 fully saturated rings. The molecule has 2 unspecified atom stereocenters. The fourth-order valence-electron chi connectivity index (χ4n) is 2.24. The molecule has 88 valence electrons. The molecule has 2 aromatic carbocycles. The van der Waals surface area contributed by atoms with Gasteiger partial charge in [-0.3, -0.25) is 0 Å². The molecule has 2 aromatic rings. The summed E-state index contributed by atoms with van der Waals surface area (Å²) in [5.74, 6) is 0. The van der Waals surface area contributed by atoms with E-state index < -0.39 is 6.29 Å². The largest absolute Gasteiger partial charge is 0.373 e. The lowest BCUT2D eigenvalue weighted by molar-refractivity contribution is -0.222. The van der Waals surface area contributed by atoms with Crippen LogP contribution in [0.5, 0.6) is 0 Å². The molecule has 1 heterocycles. The molecule has 17 heavy (non-hydrogen) atoms. The van der Waals surface area contributed by atoms with Crippen LogP contribution < -0.4 is 0 Å². The Labute approximate surface area is 99.6 Å². The highest BCUT2D eigenvalue weighted by Crippen LogP contribution is 2.29. The fraction of sp³-hybridized carbons (Fsp3) is 0.286. The Morgan fingerprint density at radius 2 is 1.82 bits per heavy atom. The van der Waals surface area contributed by atoms with Gasteiger partial charge in [-0.2, -0.15) is 0 Å². The summed E-state index contributed by atoms with van der Waals surface area (Å²) < 4.78 is 10.8. The smallest absolute Gasteiger partial charge is 0.179 e. The third-order valence-corrected chi connectivity index (χ3v) is 3.02. The summed E-state index contributed by atoms with van der Waals surface area (Å²) >= 11 is 0. The minimum atomic E-state index is -0.826. The van der Waals surface area contributed by atoms with E-state index in [2.05, 4.69) is 18.2 Å². The lowest BCUT2D eigenvalue weighted by atomic mass is 10.0. The molecule has 0 aliphatic carbocycles. The minimum absolute atomic E-state index is 0.190. The summed E-state index contributed by atoms with van der Waals surface area (Å²) in [7, 11) is 0. The predicted octanol–water partition coefficient (Wildman–Crippen LogP) is 2.25. The van der Waals surface area contributed by atoms with E-state index in [1.54, 1.807) is 0 Å². The van der Waals surface area contributed by atoms with Gasteiger partial charge in [-0.15, -0.1) is 0 Å². The molecule has 1 saturated heterocycles. The second-order valence-corrected chi connectivity index (χ2v) is 4.19. The number of fused-ring (bicyclic) bond motifs is 1. The highest BCUT2D eigenvalue weighted by atomic mass is 16.7. The maximum Gasteiger partial charge on any atom is 0.179 e. The van der Waals surface area contributed by atoms with Crippen molar-refractivity contribution in [1.29, 1.82) is 0 Å². The SMILES string of the molecule is OC1COCC(c2cccc3ccccc23)O1. The van der Waals surface area contributed by atoms with Crippen LogP contribution in [0, 0.1) is 0 Å². The van der Waals surface area contributed by atoms with E-state index in [0.29, 0.717) is 6.61 Å². The number of aliphatic hydroxyl groups excluding tert-OH is 1. The molecule has 2 atom stereocenters. The average Bonchev–Trinajstić information content (AvgIpc) is 2.38. The van der Waals surface area contributed by atoms with Crippen LogP contribution in [-0.2, 0) is 9.47 Å². The Balaban J connectivity index is 2.04. The number of rotatable bonds is 1. The number of ether oxygens (including phenoxy) is 2. The van der Waals surface area contributed by atoms with Crippen LogP contribution in [0.2, 0.25) is 0 Å². The molecule has 0 bridgehead atoms. The van der Waals surface area contributed by atoms with Crippen molar-refractivity contribution in [2.24, 2.45) is 0 Å².